The number of nitrogens with one attached hydrogen (secondary N) is 1. The summed E-state index contributed by atoms with van der Waals surface area (Å²) in [6.07, 6.45) is -5.09. The molecule has 0 spiro atoms. The Bertz CT molecular complexity index is 919. The summed E-state index contributed by atoms with van der Waals surface area (Å²) in [6.45, 7) is 0.0878. The molecule has 2 N–H and O–H groups in total. The molecule has 0 aliphatic carbocycles. The molecule has 1 aliphatic rings. The van der Waals surface area contributed by atoms with Crippen LogP contribution in [0, 0.1) is 0 Å². The van der Waals surface area contributed by atoms with Crippen molar-refractivity contribution in [3.05, 3.63) is 58.6 Å². The fraction of sp³-hybridized carbons (Fsp3) is 0.333. The zero-order valence-corrected chi connectivity index (χ0v) is 16.9. The maximum Gasteiger partial charge on any atom is 0.416 e. The lowest BCUT2D eigenvalue weighted by Crippen LogP contribution is -2.51. The highest BCUT2D eigenvalue weighted by Crippen LogP contribution is 2.30. The van der Waals surface area contributed by atoms with Crippen molar-refractivity contribution >= 4 is 31.6 Å². The van der Waals surface area contributed by atoms with Crippen LogP contribution < -0.4 is 5.32 Å². The number of aliphatic hydroxyl groups is 1. The van der Waals surface area contributed by atoms with Crippen LogP contribution in [0.25, 0.3) is 0 Å². The molecule has 0 saturated carbocycles. The van der Waals surface area contributed by atoms with Crippen LogP contribution in [0.2, 0.25) is 0 Å². The van der Waals surface area contributed by atoms with Gasteiger partial charge in [-0.25, -0.2) is 8.42 Å². The van der Waals surface area contributed by atoms with Gasteiger partial charge in [0.2, 0.25) is 10.0 Å². The Kier molecular flexibility index (Phi) is 6.04. The van der Waals surface area contributed by atoms with Crippen molar-refractivity contribution in [1.82, 2.24) is 4.31 Å². The summed E-state index contributed by atoms with van der Waals surface area (Å²) in [4.78, 5) is 0.136. The second-order valence-electron chi connectivity index (χ2n) is 6.50. The van der Waals surface area contributed by atoms with Gasteiger partial charge in [-0.2, -0.15) is 17.5 Å². The molecule has 0 amide bonds. The van der Waals surface area contributed by atoms with Gasteiger partial charge in [-0.3, -0.25) is 0 Å². The first-order valence-electron chi connectivity index (χ1n) is 8.45. The number of piperidine rings is 1. The molecule has 0 radical (unpaired) electrons. The number of β-amino-alcohol motifs (C(OH)–C–C–N with tert-alkyl or cyclic N) is 1. The fourth-order valence-electron chi connectivity index (χ4n) is 3.01. The lowest BCUT2D eigenvalue weighted by atomic mass is 10.0. The minimum Gasteiger partial charge on any atom is -0.390 e. The van der Waals surface area contributed by atoms with Crippen LogP contribution in [0.1, 0.15) is 12.0 Å². The Balaban J connectivity index is 1.66. The van der Waals surface area contributed by atoms with Gasteiger partial charge in [0.25, 0.3) is 0 Å². The van der Waals surface area contributed by atoms with E-state index in [9.17, 15) is 26.7 Å². The highest BCUT2D eigenvalue weighted by molar-refractivity contribution is 9.10. The Morgan fingerprint density at radius 2 is 1.68 bits per heavy atom. The van der Waals surface area contributed by atoms with Gasteiger partial charge in [0, 0.05) is 23.2 Å². The van der Waals surface area contributed by atoms with Crippen molar-refractivity contribution in [2.24, 2.45) is 0 Å². The molecule has 152 valence electrons. The summed E-state index contributed by atoms with van der Waals surface area (Å²) >= 11 is 3.25. The van der Waals surface area contributed by atoms with Crippen molar-refractivity contribution in [2.75, 3.05) is 18.4 Å². The molecule has 3 rings (SSSR count). The third-order valence-electron chi connectivity index (χ3n) is 4.56. The highest BCUT2D eigenvalue weighted by Gasteiger charge is 2.35. The van der Waals surface area contributed by atoms with Crippen LogP contribution in [0.4, 0.5) is 18.9 Å². The number of halogens is 4. The summed E-state index contributed by atoms with van der Waals surface area (Å²) in [5, 5.41) is 13.4. The predicted octanol–water partition coefficient (Wildman–Crippen LogP) is 3.70. The molecule has 1 aliphatic heterocycles. The Hall–Kier alpha value is -1.62. The number of aliphatic hydroxyl groups excluding tert-OH is 1. The second kappa shape index (κ2) is 8.02. The summed E-state index contributed by atoms with van der Waals surface area (Å²) < 4.78 is 65.3. The van der Waals surface area contributed by atoms with Gasteiger partial charge in [0.15, 0.2) is 0 Å². The Labute approximate surface area is 169 Å². The maximum absolute atomic E-state index is 12.7. The Morgan fingerprint density at radius 3 is 2.21 bits per heavy atom. The highest BCUT2D eigenvalue weighted by atomic mass is 79.9. The largest absolute Gasteiger partial charge is 0.416 e. The van der Waals surface area contributed by atoms with Gasteiger partial charge in [0.05, 0.1) is 22.6 Å². The molecule has 2 aromatic rings. The van der Waals surface area contributed by atoms with E-state index < -0.39 is 33.9 Å². The van der Waals surface area contributed by atoms with Gasteiger partial charge in [-0.1, -0.05) is 15.9 Å². The summed E-state index contributed by atoms with van der Waals surface area (Å²) in [6, 6.07) is 10.3. The monoisotopic (exact) mass is 478 g/mol. The van der Waals surface area contributed by atoms with E-state index in [0.29, 0.717) is 12.1 Å². The van der Waals surface area contributed by atoms with E-state index in [4.69, 9.17) is 0 Å². The third kappa shape index (κ3) is 4.68. The molecular formula is C18H18BrF3N2O3S. The van der Waals surface area contributed by atoms with E-state index in [1.54, 1.807) is 12.1 Å². The number of hydrogen-bond acceptors (Lipinski definition) is 4. The van der Waals surface area contributed by atoms with Crippen LogP contribution in [0.5, 0.6) is 0 Å². The van der Waals surface area contributed by atoms with Crippen LogP contribution in [-0.2, 0) is 16.2 Å². The molecule has 10 heteroatoms. The fourth-order valence-corrected chi connectivity index (χ4v) is 4.75. The zero-order chi connectivity index (χ0) is 20.5. The standard InChI is InChI=1S/C18H18BrF3N2O3S/c19-13-3-7-15(8-4-13)28(26,27)24-10-9-16(17(25)11-24)23-14-5-1-12(2-6-14)18(20,21)22/h1-8,16-17,23,25H,9-11H2/t16-,17+/m1/s1. The molecule has 5 nitrogen and oxygen atoms in total. The topological polar surface area (TPSA) is 69.6 Å². The minimum atomic E-state index is -4.41. The molecule has 28 heavy (non-hydrogen) atoms. The molecular weight excluding hydrogens is 461 g/mol. The average molecular weight is 479 g/mol. The van der Waals surface area contributed by atoms with Crippen LogP contribution in [0.3, 0.4) is 0 Å². The van der Waals surface area contributed by atoms with E-state index in [1.807, 2.05) is 0 Å². The van der Waals surface area contributed by atoms with E-state index in [0.717, 1.165) is 16.6 Å². The average Bonchev–Trinajstić information content (AvgIpc) is 2.63. The van der Waals surface area contributed by atoms with Crippen molar-refractivity contribution in [1.29, 1.82) is 0 Å². The molecule has 1 saturated heterocycles. The second-order valence-corrected chi connectivity index (χ2v) is 9.35. The number of benzene rings is 2. The van der Waals surface area contributed by atoms with Gasteiger partial charge in [-0.05, 0) is 55.0 Å². The summed E-state index contributed by atoms with van der Waals surface area (Å²) in [5.41, 5.74) is -0.324. The quantitative estimate of drug-likeness (QED) is 0.702. The van der Waals surface area contributed by atoms with Crippen LogP contribution in [0.15, 0.2) is 57.9 Å². The number of hydrogen-bond donors (Lipinski definition) is 2. The number of nitrogens with zero attached hydrogens (tertiary/aromatic N) is 1. The number of anilines is 1. The van der Waals surface area contributed by atoms with E-state index in [1.165, 1.54) is 28.6 Å². The molecule has 1 heterocycles. The molecule has 0 aromatic heterocycles. The molecule has 0 bridgehead atoms. The van der Waals surface area contributed by atoms with Gasteiger partial charge >= 0.3 is 6.18 Å². The van der Waals surface area contributed by atoms with E-state index in [-0.39, 0.29) is 18.0 Å². The lowest BCUT2D eigenvalue weighted by molar-refractivity contribution is -0.137. The predicted molar refractivity (Wildman–Crippen MR) is 102 cm³/mol. The molecule has 1 fully saturated rings. The first-order valence-corrected chi connectivity index (χ1v) is 10.7. The zero-order valence-electron chi connectivity index (χ0n) is 14.5. The molecule has 2 aromatic carbocycles. The van der Waals surface area contributed by atoms with Crippen molar-refractivity contribution in [2.45, 2.75) is 29.6 Å². The van der Waals surface area contributed by atoms with Gasteiger partial charge in [0.1, 0.15) is 0 Å². The minimum absolute atomic E-state index is 0.100. The Morgan fingerprint density at radius 1 is 1.07 bits per heavy atom. The van der Waals surface area contributed by atoms with E-state index >= 15 is 0 Å². The molecule has 2 atom stereocenters. The molecule has 0 unspecified atom stereocenters. The summed E-state index contributed by atoms with van der Waals surface area (Å²) in [5.74, 6) is 0. The number of alkyl halides is 3. The third-order valence-corrected chi connectivity index (χ3v) is 6.97. The van der Waals surface area contributed by atoms with E-state index in [2.05, 4.69) is 21.2 Å². The van der Waals surface area contributed by atoms with Crippen LogP contribution in [-0.4, -0.2) is 43.1 Å². The smallest absolute Gasteiger partial charge is 0.390 e. The lowest BCUT2D eigenvalue weighted by Gasteiger charge is -2.36. The van der Waals surface area contributed by atoms with Crippen molar-refractivity contribution < 1.29 is 26.7 Å². The number of rotatable bonds is 4. The van der Waals surface area contributed by atoms with Crippen molar-refractivity contribution in [3.8, 4) is 0 Å². The normalized spacial score (nSPS) is 21.5. The first-order chi connectivity index (χ1) is 13.1. The SMILES string of the molecule is O=S(=O)(c1ccc(Br)cc1)N1CC[C@@H](Nc2ccc(C(F)(F)F)cc2)[C@@H](O)C1. The van der Waals surface area contributed by atoms with Crippen molar-refractivity contribution in [3.63, 3.8) is 0 Å². The van der Waals surface area contributed by atoms with Crippen LogP contribution >= 0.6 is 15.9 Å². The van der Waals surface area contributed by atoms with Gasteiger partial charge in [-0.15, -0.1) is 0 Å². The first kappa shape index (κ1) is 21.1. The summed E-state index contributed by atoms with van der Waals surface area (Å²) in [7, 11) is -3.73. The van der Waals surface area contributed by atoms with Gasteiger partial charge < -0.3 is 10.4 Å². The maximum atomic E-state index is 12.7. The number of sulfonamides is 1.